The zero-order valence-corrected chi connectivity index (χ0v) is 22.4. The van der Waals surface area contributed by atoms with Crippen LogP contribution < -0.4 is 10.1 Å². The van der Waals surface area contributed by atoms with Crippen LogP contribution in [0.1, 0.15) is 77.0 Å². The van der Waals surface area contributed by atoms with Gasteiger partial charge in [-0.05, 0) is 94.2 Å². The topological polar surface area (TPSA) is 39.7 Å². The minimum Gasteiger partial charge on any atom is -0.497 e. The molecule has 1 N–H and O–H groups in total. The van der Waals surface area contributed by atoms with Crippen molar-refractivity contribution in [2.45, 2.75) is 84.0 Å². The Morgan fingerprint density at radius 1 is 0.971 bits per heavy atom. The predicted octanol–water partition coefficient (Wildman–Crippen LogP) is 7.54. The largest absolute Gasteiger partial charge is 0.497 e. The Labute approximate surface area is 212 Å². The van der Waals surface area contributed by atoms with Crippen molar-refractivity contribution >= 4 is 12.8 Å². The summed E-state index contributed by atoms with van der Waals surface area (Å²) in [4.78, 5) is 0. The molecule has 2 aromatic rings. The number of hydrogen-bond donors (Lipinski definition) is 1. The number of aryl methyl sites for hydroxylation is 1. The molecule has 1 aliphatic carbocycles. The molecule has 4 nitrogen and oxygen atoms in total. The van der Waals surface area contributed by atoms with E-state index in [0.717, 1.165) is 16.9 Å². The van der Waals surface area contributed by atoms with E-state index < -0.39 is 7.12 Å². The van der Waals surface area contributed by atoms with Crippen LogP contribution in [0.25, 0.3) is 0 Å². The summed E-state index contributed by atoms with van der Waals surface area (Å²) in [5.41, 5.74) is 3.92. The highest BCUT2D eigenvalue weighted by molar-refractivity contribution is 6.54. The van der Waals surface area contributed by atoms with Crippen LogP contribution in [0.2, 0.25) is 0 Å². The lowest BCUT2D eigenvalue weighted by atomic mass is 9.61. The van der Waals surface area contributed by atoms with E-state index in [2.05, 4.69) is 82.9 Å². The molecule has 0 bridgehead atoms. The Morgan fingerprint density at radius 2 is 1.57 bits per heavy atom. The van der Waals surface area contributed by atoms with Gasteiger partial charge in [0.05, 0.1) is 24.4 Å². The van der Waals surface area contributed by atoms with Gasteiger partial charge in [0.2, 0.25) is 0 Å². The van der Waals surface area contributed by atoms with Crippen molar-refractivity contribution in [3.63, 3.8) is 0 Å². The van der Waals surface area contributed by atoms with Crippen molar-refractivity contribution in [3.8, 4) is 5.75 Å². The van der Waals surface area contributed by atoms with Gasteiger partial charge in [-0.3, -0.25) is 0 Å². The summed E-state index contributed by atoms with van der Waals surface area (Å²) in [5, 5.41) is 3.90. The molecule has 0 amide bonds. The number of nitrogens with one attached hydrogen (secondary N) is 1. The van der Waals surface area contributed by atoms with E-state index in [0.29, 0.717) is 5.92 Å². The smallest absolute Gasteiger partial charge is 0.490 e. The second kappa shape index (κ2) is 10.4. The van der Waals surface area contributed by atoms with Crippen LogP contribution in [0.3, 0.4) is 0 Å². The first-order chi connectivity index (χ1) is 16.6. The number of hydrogen-bond acceptors (Lipinski definition) is 4. The van der Waals surface area contributed by atoms with E-state index in [1.807, 2.05) is 12.1 Å². The molecule has 4 rings (SSSR count). The van der Waals surface area contributed by atoms with Gasteiger partial charge in [0, 0.05) is 11.6 Å². The fourth-order valence-electron chi connectivity index (χ4n) is 5.60. The summed E-state index contributed by atoms with van der Waals surface area (Å²) in [7, 11) is 1.28. The number of benzene rings is 2. The third kappa shape index (κ3) is 5.46. The van der Waals surface area contributed by atoms with E-state index in [9.17, 15) is 0 Å². The van der Waals surface area contributed by atoms with Crippen LogP contribution in [0.5, 0.6) is 5.75 Å². The van der Waals surface area contributed by atoms with Gasteiger partial charge < -0.3 is 19.4 Å². The first-order valence-corrected chi connectivity index (χ1v) is 13.1. The lowest BCUT2D eigenvalue weighted by Gasteiger charge is -2.39. The zero-order valence-electron chi connectivity index (χ0n) is 22.4. The molecule has 188 valence electrons. The van der Waals surface area contributed by atoms with Gasteiger partial charge in [0.25, 0.3) is 0 Å². The Balaban J connectivity index is 1.75. The lowest BCUT2D eigenvalue weighted by molar-refractivity contribution is 0.00578. The minimum atomic E-state index is -0.420. The standard InChI is InChI=1S/C30H42BNO3/c1-21-13-11-12-16-26(21)28(32-24-17-19-25(33-7)20-18-24)27(23-14-9-8-10-15-23)22(2)31-34-29(3,4)30(5,6)35-31/h11-13,16-20,23,27-28,32H,2,8-10,14-15H2,1,3-7H3. The molecule has 1 saturated heterocycles. The van der Waals surface area contributed by atoms with Gasteiger partial charge in [0.15, 0.2) is 0 Å². The van der Waals surface area contributed by atoms with Gasteiger partial charge in [0.1, 0.15) is 5.75 Å². The van der Waals surface area contributed by atoms with E-state index in [1.54, 1.807) is 7.11 Å². The molecule has 0 aromatic heterocycles. The summed E-state index contributed by atoms with van der Waals surface area (Å²) in [6.07, 6.45) is 6.25. The normalized spacial score (nSPS) is 21.4. The molecule has 2 aliphatic rings. The van der Waals surface area contributed by atoms with Gasteiger partial charge in [-0.15, -0.1) is 6.58 Å². The minimum absolute atomic E-state index is 0.0548. The van der Waals surface area contributed by atoms with E-state index in [-0.39, 0.29) is 23.2 Å². The molecule has 2 fully saturated rings. The van der Waals surface area contributed by atoms with Crippen molar-refractivity contribution in [1.29, 1.82) is 0 Å². The summed E-state index contributed by atoms with van der Waals surface area (Å²) >= 11 is 0. The van der Waals surface area contributed by atoms with E-state index in [1.165, 1.54) is 43.2 Å². The quantitative estimate of drug-likeness (QED) is 0.401. The Kier molecular flexibility index (Phi) is 7.68. The molecule has 0 spiro atoms. The maximum Gasteiger partial charge on any atom is 0.490 e. The van der Waals surface area contributed by atoms with E-state index >= 15 is 0 Å². The highest BCUT2D eigenvalue weighted by Gasteiger charge is 2.54. The highest BCUT2D eigenvalue weighted by atomic mass is 16.7. The van der Waals surface area contributed by atoms with Gasteiger partial charge in [-0.2, -0.15) is 0 Å². The van der Waals surface area contributed by atoms with Gasteiger partial charge >= 0.3 is 7.12 Å². The fraction of sp³-hybridized carbons (Fsp3) is 0.533. The van der Waals surface area contributed by atoms with Crippen LogP contribution in [-0.2, 0) is 9.31 Å². The zero-order chi connectivity index (χ0) is 25.2. The summed E-state index contributed by atoms with van der Waals surface area (Å²) in [6.45, 7) is 15.3. The molecule has 0 radical (unpaired) electrons. The average Bonchev–Trinajstić information content (AvgIpc) is 3.07. The van der Waals surface area contributed by atoms with Crippen LogP contribution in [-0.4, -0.2) is 25.4 Å². The fourth-order valence-corrected chi connectivity index (χ4v) is 5.60. The highest BCUT2D eigenvalue weighted by Crippen LogP contribution is 2.47. The van der Waals surface area contributed by atoms with Gasteiger partial charge in [-0.25, -0.2) is 0 Å². The molecule has 1 saturated carbocycles. The summed E-state index contributed by atoms with van der Waals surface area (Å²) < 4.78 is 18.4. The Hall–Kier alpha value is -2.24. The molecular formula is C30H42BNO3. The molecule has 5 heteroatoms. The third-order valence-electron chi connectivity index (χ3n) is 8.44. The van der Waals surface area contributed by atoms with Gasteiger partial charge in [-0.1, -0.05) is 43.5 Å². The number of anilines is 1. The van der Waals surface area contributed by atoms with Crippen molar-refractivity contribution in [2.24, 2.45) is 11.8 Å². The second-order valence-electron chi connectivity index (χ2n) is 11.3. The van der Waals surface area contributed by atoms with E-state index in [4.69, 9.17) is 14.0 Å². The molecule has 1 heterocycles. The maximum atomic E-state index is 6.53. The number of methoxy groups -OCH3 is 1. The Bertz CT molecular complexity index is 995. The van der Waals surface area contributed by atoms with Crippen LogP contribution in [0.4, 0.5) is 5.69 Å². The van der Waals surface area contributed by atoms with Crippen molar-refractivity contribution in [3.05, 3.63) is 71.7 Å². The second-order valence-corrected chi connectivity index (χ2v) is 11.3. The van der Waals surface area contributed by atoms with Crippen LogP contribution >= 0.6 is 0 Å². The van der Waals surface area contributed by atoms with Crippen LogP contribution in [0.15, 0.2) is 60.6 Å². The van der Waals surface area contributed by atoms with Crippen LogP contribution in [0, 0.1) is 18.8 Å². The van der Waals surface area contributed by atoms with Crippen molar-refractivity contribution in [1.82, 2.24) is 0 Å². The third-order valence-corrected chi connectivity index (χ3v) is 8.44. The molecule has 2 aromatic carbocycles. The molecule has 1 aliphatic heterocycles. The van der Waals surface area contributed by atoms with Crippen molar-refractivity contribution < 1.29 is 14.0 Å². The number of ether oxygens (including phenoxy) is 1. The SMILES string of the molecule is C=C(B1OC(C)(C)C(C)(C)O1)C(C1CCCCC1)C(Nc1ccc(OC)cc1)c1ccccc1C. The Morgan fingerprint density at radius 3 is 2.14 bits per heavy atom. The molecule has 35 heavy (non-hydrogen) atoms. The van der Waals surface area contributed by atoms with Crippen molar-refractivity contribution in [2.75, 3.05) is 12.4 Å². The predicted molar refractivity (Wildman–Crippen MR) is 146 cm³/mol. The average molecular weight is 475 g/mol. The molecule has 2 unspecified atom stereocenters. The number of rotatable bonds is 8. The molecule has 2 atom stereocenters. The first kappa shape index (κ1) is 25.8. The monoisotopic (exact) mass is 475 g/mol. The first-order valence-electron chi connectivity index (χ1n) is 13.1. The maximum absolute atomic E-state index is 6.53. The molecular weight excluding hydrogens is 433 g/mol. The lowest BCUT2D eigenvalue weighted by Crippen LogP contribution is -2.41. The summed E-state index contributed by atoms with van der Waals surface area (Å²) in [6, 6.07) is 17.0. The summed E-state index contributed by atoms with van der Waals surface area (Å²) in [5.74, 6) is 1.55.